The van der Waals surface area contributed by atoms with E-state index in [1.54, 1.807) is 4.57 Å². The average molecular weight is 469 g/mol. The lowest BCUT2D eigenvalue weighted by molar-refractivity contribution is -0.210. The van der Waals surface area contributed by atoms with E-state index in [2.05, 4.69) is 21.2 Å². The molecule has 3 unspecified atom stereocenters. The molecule has 0 aromatic carbocycles. The van der Waals surface area contributed by atoms with E-state index in [0.717, 1.165) is 0 Å². The highest BCUT2D eigenvalue weighted by Gasteiger charge is 2.50. The zero-order valence-corrected chi connectivity index (χ0v) is 19.4. The summed E-state index contributed by atoms with van der Waals surface area (Å²) in [4.78, 5) is 21.0. The third kappa shape index (κ3) is 5.15. The molecule has 1 fully saturated rings. The second-order valence-electron chi connectivity index (χ2n) is 8.10. The molecule has 0 aliphatic carbocycles. The molecule has 13 heteroatoms. The number of ether oxygens (including phenoxy) is 3. The number of nitrogens with zero attached hydrogens (tertiary/aromatic N) is 3. The zero-order valence-electron chi connectivity index (χ0n) is 18.5. The van der Waals surface area contributed by atoms with Crippen molar-refractivity contribution in [1.82, 2.24) is 9.55 Å². The molecule has 5 N–H and O–H groups in total. The van der Waals surface area contributed by atoms with Crippen molar-refractivity contribution < 1.29 is 28.2 Å². The monoisotopic (exact) mass is 469 g/mol. The molecule has 0 bridgehead atoms. The maximum absolute atomic E-state index is 12.6. The first-order valence-corrected chi connectivity index (χ1v) is 11.9. The summed E-state index contributed by atoms with van der Waals surface area (Å²) in [5.41, 5.74) is 11.6. The van der Waals surface area contributed by atoms with Crippen molar-refractivity contribution in [2.24, 2.45) is 16.5 Å². The normalized spacial score (nSPS) is 29.3. The van der Waals surface area contributed by atoms with Gasteiger partial charge in [-0.25, -0.2) is 9.98 Å². The fraction of sp³-hybridized carbons (Fsp3) is 0.684. The molecule has 0 saturated carbocycles. The van der Waals surface area contributed by atoms with E-state index >= 15 is 0 Å². The number of rotatable bonds is 9. The second-order valence-corrected chi connectivity index (χ2v) is 10.4. The molecule has 12 nitrogen and oxygen atoms in total. The molecule has 178 valence electrons. The average Bonchev–Trinajstić information content (AvgIpc) is 3.25. The number of imidazole rings is 1. The summed E-state index contributed by atoms with van der Waals surface area (Å²) in [6.45, 7) is 6.80. The first-order valence-electron chi connectivity index (χ1n) is 10.3. The molecule has 1 aromatic heterocycles. The van der Waals surface area contributed by atoms with E-state index in [4.69, 9.17) is 36.6 Å². The highest BCUT2D eigenvalue weighted by atomic mass is 31.2. The van der Waals surface area contributed by atoms with Gasteiger partial charge in [-0.15, -0.1) is 6.42 Å². The van der Waals surface area contributed by atoms with Crippen molar-refractivity contribution in [3.63, 3.8) is 0 Å². The van der Waals surface area contributed by atoms with Gasteiger partial charge in [0.2, 0.25) is 0 Å². The van der Waals surface area contributed by atoms with Crippen LogP contribution in [0.1, 0.15) is 45.8 Å². The number of hydrogen-bond donors (Lipinski definition) is 3. The molecule has 0 radical (unpaired) electrons. The number of terminal acetylenes is 1. The van der Waals surface area contributed by atoms with Crippen molar-refractivity contribution in [2.45, 2.75) is 70.2 Å². The van der Waals surface area contributed by atoms with Gasteiger partial charge in [0, 0.05) is 5.66 Å². The number of hydrogen-bond acceptors (Lipinski definition) is 11. The SMILES string of the molecule is C#CCOC1[C@@H](OP(=O)([O-])C(C)C)[C@@H](COC(C)C)O[C@H]1n1cnc2c1NC(N)=NC2N. The van der Waals surface area contributed by atoms with Crippen LogP contribution in [0.3, 0.4) is 0 Å². The van der Waals surface area contributed by atoms with Crippen molar-refractivity contribution in [1.29, 1.82) is 0 Å². The standard InChI is InChI=1S/C19H31N6O6P/c1-6-7-28-15-14(31-32(26,27)11(4)5)12(8-29-10(2)3)30-18(15)25-9-22-13-16(20)23-19(21)24-17(13)25/h1,9-12,14-16,18H,7-8,20H2,2-5H3,(H,26,27)(H3,21,23,24)/p-1/t12-,14+,15?,16?,18-/m1/s1. The lowest BCUT2D eigenvalue weighted by Gasteiger charge is -2.34. The van der Waals surface area contributed by atoms with E-state index in [0.29, 0.717) is 11.5 Å². The number of aromatic nitrogens is 2. The van der Waals surface area contributed by atoms with Gasteiger partial charge >= 0.3 is 0 Å². The number of anilines is 1. The molecule has 2 aliphatic heterocycles. The van der Waals surface area contributed by atoms with Crippen molar-refractivity contribution in [2.75, 3.05) is 18.5 Å². The number of nitrogens with two attached hydrogens (primary N) is 2. The van der Waals surface area contributed by atoms with Crippen LogP contribution in [0.5, 0.6) is 0 Å². The first kappa shape index (κ1) is 24.7. The minimum atomic E-state index is -4.23. The van der Waals surface area contributed by atoms with Crippen LogP contribution in [-0.4, -0.2) is 58.8 Å². The molecule has 0 amide bonds. The summed E-state index contributed by atoms with van der Waals surface area (Å²) < 4.78 is 37.6. The third-order valence-electron chi connectivity index (χ3n) is 5.04. The Hall–Kier alpha value is -1.97. The quantitative estimate of drug-likeness (QED) is 0.337. The highest BCUT2D eigenvalue weighted by molar-refractivity contribution is 7.52. The van der Waals surface area contributed by atoms with Crippen LogP contribution in [0.2, 0.25) is 0 Å². The fourth-order valence-corrected chi connectivity index (χ4v) is 4.21. The van der Waals surface area contributed by atoms with Gasteiger partial charge in [-0.1, -0.05) is 19.8 Å². The first-order chi connectivity index (χ1) is 15.0. The van der Waals surface area contributed by atoms with Crippen molar-refractivity contribution in [3.8, 4) is 12.3 Å². The molecular formula is C19H30N6O6P-. The summed E-state index contributed by atoms with van der Waals surface area (Å²) >= 11 is 0. The Bertz CT molecular complexity index is 928. The number of nitrogens with one attached hydrogen (secondary N) is 1. The molecule has 32 heavy (non-hydrogen) atoms. The van der Waals surface area contributed by atoms with Gasteiger partial charge < -0.3 is 45.0 Å². The Morgan fingerprint density at radius 2 is 2.12 bits per heavy atom. The van der Waals surface area contributed by atoms with Gasteiger partial charge in [0.1, 0.15) is 50.2 Å². The molecule has 3 rings (SSSR count). The molecule has 2 aliphatic rings. The van der Waals surface area contributed by atoms with Crippen molar-refractivity contribution >= 4 is 19.4 Å². The minimum absolute atomic E-state index is 0.0829. The number of aliphatic imine (C=N–C) groups is 1. The molecule has 0 spiro atoms. The summed E-state index contributed by atoms with van der Waals surface area (Å²) in [5.74, 6) is 2.97. The Morgan fingerprint density at radius 1 is 1.41 bits per heavy atom. The fourth-order valence-electron chi connectivity index (χ4n) is 3.37. The van der Waals surface area contributed by atoms with Crippen LogP contribution in [-0.2, 0) is 23.3 Å². The summed E-state index contributed by atoms with van der Waals surface area (Å²) in [7, 11) is -4.23. The Morgan fingerprint density at radius 3 is 2.75 bits per heavy atom. The number of guanidine groups is 1. The van der Waals surface area contributed by atoms with E-state index in [1.807, 2.05) is 13.8 Å². The van der Waals surface area contributed by atoms with Crippen LogP contribution in [0.4, 0.5) is 5.82 Å². The molecule has 1 aromatic rings. The summed E-state index contributed by atoms with van der Waals surface area (Å²) in [6, 6.07) is 0. The predicted molar refractivity (Wildman–Crippen MR) is 116 cm³/mol. The molecule has 3 heterocycles. The van der Waals surface area contributed by atoms with E-state index in [9.17, 15) is 9.46 Å². The van der Waals surface area contributed by atoms with Gasteiger partial charge in [0.05, 0.1) is 19.0 Å². The van der Waals surface area contributed by atoms with Gasteiger partial charge in [-0.2, -0.15) is 0 Å². The smallest absolute Gasteiger partial charge is 0.196 e. The minimum Gasteiger partial charge on any atom is -0.778 e. The maximum Gasteiger partial charge on any atom is 0.196 e. The van der Waals surface area contributed by atoms with Crippen LogP contribution in [0, 0.1) is 12.3 Å². The van der Waals surface area contributed by atoms with E-state index in [1.165, 1.54) is 20.2 Å². The predicted octanol–water partition coefficient (Wildman–Crippen LogP) is 0.268. The third-order valence-corrected chi connectivity index (χ3v) is 6.84. The second kappa shape index (κ2) is 9.89. The Labute approximate surface area is 187 Å². The molecular weight excluding hydrogens is 439 g/mol. The maximum atomic E-state index is 12.6. The van der Waals surface area contributed by atoms with Crippen LogP contribution < -0.4 is 21.7 Å². The summed E-state index contributed by atoms with van der Waals surface area (Å²) in [5, 5.41) is 2.92. The van der Waals surface area contributed by atoms with Gasteiger partial charge in [0.25, 0.3) is 0 Å². The Kier molecular flexibility index (Phi) is 7.62. The number of fused-ring (bicyclic) bond motifs is 1. The van der Waals surface area contributed by atoms with Gasteiger partial charge in [-0.3, -0.25) is 4.57 Å². The molecule has 1 saturated heterocycles. The highest BCUT2D eigenvalue weighted by Crippen LogP contribution is 2.49. The van der Waals surface area contributed by atoms with Gasteiger partial charge in [0.15, 0.2) is 12.2 Å². The zero-order chi connectivity index (χ0) is 23.6. The molecule has 6 atom stereocenters. The van der Waals surface area contributed by atoms with Crippen LogP contribution >= 0.6 is 7.60 Å². The summed E-state index contributed by atoms with van der Waals surface area (Å²) in [6.07, 6.45) is 2.53. The Balaban J connectivity index is 1.98. The van der Waals surface area contributed by atoms with Crippen molar-refractivity contribution in [3.05, 3.63) is 12.0 Å². The van der Waals surface area contributed by atoms with E-state index in [-0.39, 0.29) is 25.3 Å². The lowest BCUT2D eigenvalue weighted by Crippen LogP contribution is -2.40. The topological polar surface area (TPSA) is 171 Å². The lowest BCUT2D eigenvalue weighted by atomic mass is 10.1. The largest absolute Gasteiger partial charge is 0.778 e. The van der Waals surface area contributed by atoms with E-state index < -0.39 is 44.0 Å². The van der Waals surface area contributed by atoms with Gasteiger partial charge in [-0.05, 0) is 13.8 Å². The van der Waals surface area contributed by atoms with Crippen LogP contribution in [0.15, 0.2) is 11.3 Å². The van der Waals surface area contributed by atoms with Crippen LogP contribution in [0.25, 0.3) is 0 Å².